The number of sulfone groups is 1. The third-order valence-corrected chi connectivity index (χ3v) is 4.79. The van der Waals surface area contributed by atoms with Gasteiger partial charge in [0.1, 0.15) is 5.82 Å². The van der Waals surface area contributed by atoms with Crippen molar-refractivity contribution in [3.63, 3.8) is 0 Å². The predicted molar refractivity (Wildman–Crippen MR) is 71.9 cm³/mol. The number of halogens is 1. The first-order chi connectivity index (χ1) is 9.87. The zero-order valence-electron chi connectivity index (χ0n) is 11.0. The van der Waals surface area contributed by atoms with Gasteiger partial charge in [0.05, 0.1) is 17.1 Å². The van der Waals surface area contributed by atoms with Crippen molar-refractivity contribution in [2.45, 2.75) is 12.5 Å². The molecule has 21 heavy (non-hydrogen) atoms. The normalized spacial score (nSPS) is 20.0. The molecule has 0 aromatic heterocycles. The number of carbonyl (C=O) groups excluding carboxylic acids is 2. The van der Waals surface area contributed by atoms with Crippen molar-refractivity contribution in [2.75, 3.05) is 18.1 Å². The van der Waals surface area contributed by atoms with Gasteiger partial charge in [0, 0.05) is 6.04 Å². The molecule has 1 unspecified atom stereocenters. The Morgan fingerprint density at radius 1 is 1.33 bits per heavy atom. The Morgan fingerprint density at radius 2 is 2.05 bits per heavy atom. The Balaban J connectivity index is 1.82. The second-order valence-electron chi connectivity index (χ2n) is 4.72. The SMILES string of the molecule is O=C(COC(=O)c1ccccc1F)NC1CCS(=O)(=O)C1. The fourth-order valence-electron chi connectivity index (χ4n) is 2.01. The van der Waals surface area contributed by atoms with Crippen LogP contribution in [0.2, 0.25) is 0 Å². The molecule has 0 spiro atoms. The number of esters is 1. The molecule has 114 valence electrons. The molecule has 1 amide bonds. The summed E-state index contributed by atoms with van der Waals surface area (Å²) in [6.07, 6.45) is 0.343. The van der Waals surface area contributed by atoms with E-state index in [0.717, 1.165) is 6.07 Å². The van der Waals surface area contributed by atoms with Gasteiger partial charge in [0.2, 0.25) is 0 Å². The number of rotatable bonds is 4. The van der Waals surface area contributed by atoms with E-state index in [2.05, 4.69) is 5.32 Å². The molecule has 1 aliphatic heterocycles. The molecule has 0 radical (unpaired) electrons. The van der Waals surface area contributed by atoms with Crippen molar-refractivity contribution >= 4 is 21.7 Å². The summed E-state index contributed by atoms with van der Waals surface area (Å²) < 4.78 is 40.5. The second kappa shape index (κ2) is 6.21. The highest BCUT2D eigenvalue weighted by Crippen LogP contribution is 2.11. The van der Waals surface area contributed by atoms with E-state index in [-0.39, 0.29) is 17.1 Å². The first-order valence-electron chi connectivity index (χ1n) is 6.29. The fraction of sp³-hybridized carbons (Fsp3) is 0.385. The largest absolute Gasteiger partial charge is 0.452 e. The molecule has 1 saturated heterocycles. The molecule has 1 aliphatic rings. The quantitative estimate of drug-likeness (QED) is 0.807. The van der Waals surface area contributed by atoms with Crippen LogP contribution in [0.25, 0.3) is 0 Å². The molecule has 1 aromatic carbocycles. The highest BCUT2D eigenvalue weighted by atomic mass is 32.2. The van der Waals surface area contributed by atoms with Gasteiger partial charge < -0.3 is 10.1 Å². The van der Waals surface area contributed by atoms with Crippen molar-refractivity contribution < 1.29 is 27.1 Å². The van der Waals surface area contributed by atoms with Crippen molar-refractivity contribution in [1.29, 1.82) is 0 Å². The summed E-state index contributed by atoms with van der Waals surface area (Å²) in [5, 5.41) is 2.47. The highest BCUT2D eigenvalue weighted by molar-refractivity contribution is 7.91. The maximum atomic E-state index is 13.3. The van der Waals surface area contributed by atoms with Crippen molar-refractivity contribution in [1.82, 2.24) is 5.32 Å². The molecule has 8 heteroatoms. The van der Waals surface area contributed by atoms with Crippen LogP contribution in [0.3, 0.4) is 0 Å². The van der Waals surface area contributed by atoms with E-state index < -0.39 is 40.2 Å². The Kier molecular flexibility index (Phi) is 4.56. The Hall–Kier alpha value is -1.96. The summed E-state index contributed by atoms with van der Waals surface area (Å²) in [4.78, 5) is 23.1. The number of hydrogen-bond donors (Lipinski definition) is 1. The van der Waals surface area contributed by atoms with E-state index in [0.29, 0.717) is 6.42 Å². The highest BCUT2D eigenvalue weighted by Gasteiger charge is 2.29. The van der Waals surface area contributed by atoms with Gasteiger partial charge in [-0.3, -0.25) is 4.79 Å². The van der Waals surface area contributed by atoms with Crippen LogP contribution in [0.4, 0.5) is 4.39 Å². The summed E-state index contributed by atoms with van der Waals surface area (Å²) in [6.45, 7) is -0.580. The number of nitrogens with one attached hydrogen (secondary N) is 1. The van der Waals surface area contributed by atoms with E-state index in [4.69, 9.17) is 4.74 Å². The number of benzene rings is 1. The van der Waals surface area contributed by atoms with Gasteiger partial charge in [-0.25, -0.2) is 17.6 Å². The molecule has 1 fully saturated rings. The van der Waals surface area contributed by atoms with E-state index in [9.17, 15) is 22.4 Å². The zero-order chi connectivity index (χ0) is 15.5. The van der Waals surface area contributed by atoms with Gasteiger partial charge in [-0.2, -0.15) is 0 Å². The molecule has 1 aromatic rings. The lowest BCUT2D eigenvalue weighted by atomic mass is 10.2. The smallest absolute Gasteiger partial charge is 0.341 e. The Morgan fingerprint density at radius 3 is 2.67 bits per heavy atom. The minimum atomic E-state index is -3.09. The molecule has 0 aliphatic carbocycles. The van der Waals surface area contributed by atoms with Crippen LogP contribution in [-0.4, -0.2) is 44.4 Å². The second-order valence-corrected chi connectivity index (χ2v) is 6.95. The van der Waals surface area contributed by atoms with Crippen molar-refractivity contribution in [3.05, 3.63) is 35.6 Å². The van der Waals surface area contributed by atoms with Gasteiger partial charge in [-0.05, 0) is 18.6 Å². The van der Waals surface area contributed by atoms with Gasteiger partial charge in [-0.15, -0.1) is 0 Å². The number of amides is 1. The topological polar surface area (TPSA) is 89.5 Å². The van der Waals surface area contributed by atoms with Crippen LogP contribution in [0, 0.1) is 5.82 Å². The molecule has 0 bridgehead atoms. The summed E-state index contributed by atoms with van der Waals surface area (Å²) in [6, 6.07) is 4.80. The maximum absolute atomic E-state index is 13.3. The number of ether oxygens (including phenoxy) is 1. The molecule has 2 rings (SSSR count). The summed E-state index contributed by atoms with van der Waals surface area (Å²) in [7, 11) is -3.09. The predicted octanol–water partition coefficient (Wildman–Crippen LogP) is 0.286. The monoisotopic (exact) mass is 315 g/mol. The Labute approximate surface area is 121 Å². The first-order valence-corrected chi connectivity index (χ1v) is 8.11. The van der Waals surface area contributed by atoms with Crippen molar-refractivity contribution in [3.8, 4) is 0 Å². The van der Waals surface area contributed by atoms with Crippen LogP contribution in [-0.2, 0) is 19.4 Å². The Bertz CT molecular complexity index is 658. The van der Waals surface area contributed by atoms with Crippen LogP contribution in [0.15, 0.2) is 24.3 Å². The average Bonchev–Trinajstić information content (AvgIpc) is 2.75. The van der Waals surface area contributed by atoms with Gasteiger partial charge >= 0.3 is 5.97 Å². The number of hydrogen-bond acceptors (Lipinski definition) is 5. The van der Waals surface area contributed by atoms with E-state index in [1.807, 2.05) is 0 Å². The average molecular weight is 315 g/mol. The lowest BCUT2D eigenvalue weighted by Crippen LogP contribution is -2.38. The lowest BCUT2D eigenvalue weighted by Gasteiger charge is -2.11. The molecule has 1 heterocycles. The molecule has 1 atom stereocenters. The summed E-state index contributed by atoms with van der Waals surface area (Å²) >= 11 is 0. The third-order valence-electron chi connectivity index (χ3n) is 3.03. The third kappa shape index (κ3) is 4.25. The lowest BCUT2D eigenvalue weighted by molar-refractivity contribution is -0.124. The van der Waals surface area contributed by atoms with E-state index in [1.54, 1.807) is 0 Å². The van der Waals surface area contributed by atoms with Gasteiger partial charge in [-0.1, -0.05) is 12.1 Å². The molecule has 1 N–H and O–H groups in total. The molecular formula is C13H14FNO5S. The van der Waals surface area contributed by atoms with Crippen LogP contribution >= 0.6 is 0 Å². The molecule has 0 saturated carbocycles. The van der Waals surface area contributed by atoms with Crippen LogP contribution in [0.5, 0.6) is 0 Å². The van der Waals surface area contributed by atoms with E-state index >= 15 is 0 Å². The minimum Gasteiger partial charge on any atom is -0.452 e. The van der Waals surface area contributed by atoms with Gasteiger partial charge in [0.25, 0.3) is 5.91 Å². The fourth-order valence-corrected chi connectivity index (χ4v) is 3.69. The van der Waals surface area contributed by atoms with Crippen LogP contribution in [0.1, 0.15) is 16.8 Å². The summed E-state index contributed by atoms with van der Waals surface area (Å²) in [5.41, 5.74) is -0.256. The standard InChI is InChI=1S/C13H14FNO5S/c14-11-4-2-1-3-10(11)13(17)20-7-12(16)15-9-5-6-21(18,19)8-9/h1-4,9H,5-8H2,(H,15,16). The summed E-state index contributed by atoms with van der Waals surface area (Å²) in [5.74, 6) is -2.36. The van der Waals surface area contributed by atoms with Gasteiger partial charge in [0.15, 0.2) is 16.4 Å². The first kappa shape index (κ1) is 15.4. The molecular weight excluding hydrogens is 301 g/mol. The zero-order valence-corrected chi connectivity index (χ0v) is 11.9. The van der Waals surface area contributed by atoms with E-state index in [1.165, 1.54) is 18.2 Å². The minimum absolute atomic E-state index is 0.0347. The van der Waals surface area contributed by atoms with Crippen LogP contribution < -0.4 is 5.32 Å². The number of carbonyl (C=O) groups is 2. The molecule has 6 nitrogen and oxygen atoms in total. The van der Waals surface area contributed by atoms with Crippen molar-refractivity contribution in [2.24, 2.45) is 0 Å². The maximum Gasteiger partial charge on any atom is 0.341 e.